The third kappa shape index (κ3) is 3.74. The fourth-order valence-corrected chi connectivity index (χ4v) is 4.80. The first-order chi connectivity index (χ1) is 16.6. The Hall–Kier alpha value is -3.79. The summed E-state index contributed by atoms with van der Waals surface area (Å²) in [6.07, 6.45) is 0. The average molecular weight is 494 g/mol. The highest BCUT2D eigenvalue weighted by atomic mass is 32.1. The second-order valence-corrected chi connectivity index (χ2v) is 10.3. The zero-order valence-electron chi connectivity index (χ0n) is 20.5. The van der Waals surface area contributed by atoms with Gasteiger partial charge in [-0.25, -0.2) is 4.68 Å². The minimum atomic E-state index is -0.372. The molecule has 4 aromatic rings. The number of fused-ring (bicyclic) bond motifs is 3. The second kappa shape index (κ2) is 8.16. The molecule has 9 nitrogen and oxygen atoms in total. The van der Waals surface area contributed by atoms with Crippen LogP contribution in [-0.4, -0.2) is 50.1 Å². The molecule has 1 amide bonds. The van der Waals surface area contributed by atoms with E-state index in [0.717, 1.165) is 28.1 Å². The number of nitrogens with zero attached hydrogens (tertiary/aromatic N) is 4. The van der Waals surface area contributed by atoms with Crippen LogP contribution in [0, 0.1) is 0 Å². The Morgan fingerprint density at radius 2 is 2.03 bits per heavy atom. The molecule has 0 unspecified atom stereocenters. The van der Waals surface area contributed by atoms with E-state index in [4.69, 9.17) is 14.6 Å². The number of nitrogens with one attached hydrogen (secondary N) is 1. The predicted octanol–water partition coefficient (Wildman–Crippen LogP) is 4.07. The van der Waals surface area contributed by atoms with E-state index in [-0.39, 0.29) is 23.6 Å². The molecule has 1 aliphatic rings. The van der Waals surface area contributed by atoms with E-state index in [1.54, 1.807) is 42.1 Å². The fraction of sp³-hybridized carbons (Fsp3) is 0.320. The molecule has 0 spiro atoms. The van der Waals surface area contributed by atoms with Crippen LogP contribution in [0.2, 0.25) is 0 Å². The maximum absolute atomic E-state index is 13.5. The molecule has 10 heteroatoms. The topological polar surface area (TPSA) is 94.4 Å². The van der Waals surface area contributed by atoms with E-state index >= 15 is 0 Å². The largest absolute Gasteiger partial charge is 0.496 e. The van der Waals surface area contributed by atoms with Crippen LogP contribution in [0.4, 0.5) is 0 Å². The standard InChI is InChI=1S/C25H27N5O4S/c1-25(2,3)28(4)24(32)22-17-12-34-20-11-19(33-6)15(18-10-21(31)26-29(18)5)9-16(20)23(17)30(27-22)14-7-8-35-13-14/h7-11,13H,12H2,1-6H3,(H,26,31). The first kappa shape index (κ1) is 23.0. The summed E-state index contributed by atoms with van der Waals surface area (Å²) in [5.74, 6) is 1.03. The van der Waals surface area contributed by atoms with Crippen molar-refractivity contribution in [2.45, 2.75) is 32.9 Å². The zero-order chi connectivity index (χ0) is 25.1. The maximum Gasteiger partial charge on any atom is 0.274 e. The van der Waals surface area contributed by atoms with Gasteiger partial charge in [0.1, 0.15) is 18.1 Å². The molecule has 5 rings (SSSR count). The number of aryl methyl sites for hydroxylation is 1. The van der Waals surface area contributed by atoms with Crippen LogP contribution >= 0.6 is 11.3 Å². The van der Waals surface area contributed by atoms with Crippen molar-refractivity contribution >= 4 is 17.2 Å². The number of aromatic amines is 1. The Labute approximate surface area is 206 Å². The molecule has 1 aliphatic heterocycles. The summed E-state index contributed by atoms with van der Waals surface area (Å²) >= 11 is 1.56. The molecule has 182 valence electrons. The average Bonchev–Trinajstić information content (AvgIpc) is 3.54. The minimum absolute atomic E-state index is 0.170. The molecule has 1 N–H and O–H groups in total. The van der Waals surface area contributed by atoms with Crippen LogP contribution in [0.25, 0.3) is 28.2 Å². The quantitative estimate of drug-likeness (QED) is 0.463. The van der Waals surface area contributed by atoms with Gasteiger partial charge in [0, 0.05) is 53.8 Å². The van der Waals surface area contributed by atoms with Gasteiger partial charge >= 0.3 is 0 Å². The molecular formula is C25H27N5O4S. The van der Waals surface area contributed by atoms with Crippen LogP contribution in [-0.2, 0) is 13.7 Å². The number of aromatic nitrogens is 4. The molecule has 1 aromatic carbocycles. The van der Waals surface area contributed by atoms with Gasteiger partial charge in [-0.3, -0.25) is 19.4 Å². The van der Waals surface area contributed by atoms with Gasteiger partial charge in [0.05, 0.1) is 24.2 Å². The number of carbonyl (C=O) groups is 1. The van der Waals surface area contributed by atoms with E-state index in [1.807, 2.05) is 54.4 Å². The Bertz CT molecular complexity index is 1490. The molecule has 0 bridgehead atoms. The lowest BCUT2D eigenvalue weighted by Crippen LogP contribution is -2.43. The van der Waals surface area contributed by atoms with Gasteiger partial charge in [0.2, 0.25) is 0 Å². The van der Waals surface area contributed by atoms with E-state index in [0.29, 0.717) is 22.9 Å². The highest BCUT2D eigenvalue weighted by Gasteiger charge is 2.34. The molecule has 0 fully saturated rings. The van der Waals surface area contributed by atoms with Crippen LogP contribution in [0.5, 0.6) is 11.5 Å². The number of carbonyl (C=O) groups excluding carboxylic acids is 1. The van der Waals surface area contributed by atoms with Crippen molar-refractivity contribution in [3.8, 4) is 39.7 Å². The third-order valence-electron chi connectivity index (χ3n) is 6.36. The minimum Gasteiger partial charge on any atom is -0.496 e. The summed E-state index contributed by atoms with van der Waals surface area (Å²) in [4.78, 5) is 27.2. The van der Waals surface area contributed by atoms with E-state index in [9.17, 15) is 9.59 Å². The number of amides is 1. The Kier molecular flexibility index (Phi) is 5.36. The highest BCUT2D eigenvalue weighted by Crippen LogP contribution is 2.46. The number of benzene rings is 1. The van der Waals surface area contributed by atoms with Gasteiger partial charge in [0.25, 0.3) is 11.5 Å². The summed E-state index contributed by atoms with van der Waals surface area (Å²) in [5, 5.41) is 11.5. The lowest BCUT2D eigenvalue weighted by molar-refractivity contribution is 0.0646. The van der Waals surface area contributed by atoms with Gasteiger partial charge in [-0.05, 0) is 38.3 Å². The number of hydrogen-bond donors (Lipinski definition) is 1. The van der Waals surface area contributed by atoms with Gasteiger partial charge in [-0.15, -0.1) is 0 Å². The molecule has 4 heterocycles. The van der Waals surface area contributed by atoms with E-state index < -0.39 is 0 Å². The number of H-pyrrole nitrogens is 1. The molecule has 0 saturated carbocycles. The molecule has 0 radical (unpaired) electrons. The Morgan fingerprint density at radius 1 is 1.26 bits per heavy atom. The van der Waals surface area contributed by atoms with Gasteiger partial charge < -0.3 is 14.4 Å². The summed E-state index contributed by atoms with van der Waals surface area (Å²) in [6.45, 7) is 6.16. The monoisotopic (exact) mass is 493 g/mol. The summed E-state index contributed by atoms with van der Waals surface area (Å²) in [6, 6.07) is 7.24. The number of hydrogen-bond acceptors (Lipinski definition) is 6. The lowest BCUT2D eigenvalue weighted by Gasteiger charge is -2.31. The van der Waals surface area contributed by atoms with Crippen molar-refractivity contribution in [2.75, 3.05) is 14.2 Å². The maximum atomic E-state index is 13.5. The molecular weight excluding hydrogens is 466 g/mol. The molecule has 3 aromatic heterocycles. The number of rotatable bonds is 4. The van der Waals surface area contributed by atoms with Gasteiger partial charge in [-0.2, -0.15) is 16.4 Å². The van der Waals surface area contributed by atoms with Crippen LogP contribution in [0.1, 0.15) is 36.8 Å². The van der Waals surface area contributed by atoms with Gasteiger partial charge in [-0.1, -0.05) is 0 Å². The van der Waals surface area contributed by atoms with Crippen molar-refractivity contribution in [2.24, 2.45) is 7.05 Å². The van der Waals surface area contributed by atoms with Crippen molar-refractivity contribution in [3.05, 3.63) is 56.6 Å². The Balaban J connectivity index is 1.77. The zero-order valence-corrected chi connectivity index (χ0v) is 21.3. The van der Waals surface area contributed by atoms with Crippen molar-refractivity contribution in [1.82, 2.24) is 24.5 Å². The summed E-state index contributed by atoms with van der Waals surface area (Å²) < 4.78 is 15.2. The molecule has 0 saturated heterocycles. The summed E-state index contributed by atoms with van der Waals surface area (Å²) in [5.41, 5.74) is 4.33. The fourth-order valence-electron chi connectivity index (χ4n) is 4.19. The highest BCUT2D eigenvalue weighted by molar-refractivity contribution is 7.08. The molecule has 0 atom stereocenters. The van der Waals surface area contributed by atoms with Crippen LogP contribution in [0.3, 0.4) is 0 Å². The first-order valence-electron chi connectivity index (χ1n) is 11.1. The Morgan fingerprint density at radius 3 is 2.63 bits per heavy atom. The molecule has 35 heavy (non-hydrogen) atoms. The summed E-state index contributed by atoms with van der Waals surface area (Å²) in [7, 11) is 5.14. The van der Waals surface area contributed by atoms with Crippen molar-refractivity contribution in [3.63, 3.8) is 0 Å². The van der Waals surface area contributed by atoms with Crippen molar-refractivity contribution in [1.29, 1.82) is 0 Å². The molecule has 0 aliphatic carbocycles. The van der Waals surface area contributed by atoms with Gasteiger partial charge in [0.15, 0.2) is 5.69 Å². The van der Waals surface area contributed by atoms with Crippen molar-refractivity contribution < 1.29 is 14.3 Å². The predicted molar refractivity (Wildman–Crippen MR) is 135 cm³/mol. The SMILES string of the molecule is COc1cc2c(cc1-c1cc(=O)[nH]n1C)-c1c(c(C(=O)N(C)C(C)(C)C)nn1-c1ccsc1)CO2. The number of ether oxygens (including phenoxy) is 2. The first-order valence-corrected chi connectivity index (χ1v) is 12.1. The van der Waals surface area contributed by atoms with Crippen LogP contribution in [0.15, 0.2) is 39.8 Å². The smallest absolute Gasteiger partial charge is 0.274 e. The van der Waals surface area contributed by atoms with E-state index in [1.165, 1.54) is 6.07 Å². The lowest BCUT2D eigenvalue weighted by atomic mass is 9.97. The normalized spacial score (nSPS) is 12.6. The number of methoxy groups -OCH3 is 1. The third-order valence-corrected chi connectivity index (χ3v) is 7.03. The second-order valence-electron chi connectivity index (χ2n) is 9.51. The van der Waals surface area contributed by atoms with E-state index in [2.05, 4.69) is 5.10 Å². The number of thiophene rings is 1. The van der Waals surface area contributed by atoms with Crippen LogP contribution < -0.4 is 15.0 Å².